The SMILES string of the molecule is COc1ccc(NC(=O)[C@@H]2[C@@H](C)Nc3nc(SCc4ccccc4)nn3[C@H]2c2cccc(C)c2)cc1. The Balaban J connectivity index is 1.46. The number of hydrogen-bond acceptors (Lipinski definition) is 6. The van der Waals surface area contributed by atoms with Gasteiger partial charge < -0.3 is 15.4 Å². The molecule has 36 heavy (non-hydrogen) atoms. The summed E-state index contributed by atoms with van der Waals surface area (Å²) in [5, 5.41) is 12.1. The summed E-state index contributed by atoms with van der Waals surface area (Å²) in [7, 11) is 1.62. The average molecular weight is 500 g/mol. The minimum absolute atomic E-state index is 0.0775. The first-order chi connectivity index (χ1) is 17.5. The lowest BCUT2D eigenvalue weighted by Gasteiger charge is -2.37. The first kappa shape index (κ1) is 23.9. The third-order valence-electron chi connectivity index (χ3n) is 6.37. The number of methoxy groups -OCH3 is 1. The summed E-state index contributed by atoms with van der Waals surface area (Å²) >= 11 is 1.59. The molecule has 0 saturated heterocycles. The summed E-state index contributed by atoms with van der Waals surface area (Å²) in [6.45, 7) is 4.08. The fourth-order valence-corrected chi connectivity index (χ4v) is 5.36. The smallest absolute Gasteiger partial charge is 0.232 e. The molecule has 1 amide bonds. The van der Waals surface area contributed by atoms with Crippen LogP contribution in [0.1, 0.15) is 29.7 Å². The lowest BCUT2D eigenvalue weighted by Crippen LogP contribution is -2.46. The number of carbonyl (C=O) groups is 1. The van der Waals surface area contributed by atoms with Crippen molar-refractivity contribution >= 4 is 29.3 Å². The second kappa shape index (κ2) is 10.5. The molecule has 3 aromatic carbocycles. The van der Waals surface area contributed by atoms with E-state index in [4.69, 9.17) is 14.8 Å². The number of fused-ring (bicyclic) bond motifs is 1. The highest BCUT2D eigenvalue weighted by Gasteiger charge is 2.42. The molecule has 0 bridgehead atoms. The largest absolute Gasteiger partial charge is 0.497 e. The zero-order valence-corrected chi connectivity index (χ0v) is 21.3. The molecule has 8 heteroatoms. The molecule has 1 aliphatic rings. The van der Waals surface area contributed by atoms with Crippen LogP contribution in [0.5, 0.6) is 5.75 Å². The summed E-state index contributed by atoms with van der Waals surface area (Å²) in [6.07, 6.45) is 0. The van der Waals surface area contributed by atoms with Crippen molar-refractivity contribution in [2.75, 3.05) is 17.7 Å². The minimum Gasteiger partial charge on any atom is -0.497 e. The van der Waals surface area contributed by atoms with Crippen molar-refractivity contribution in [3.63, 3.8) is 0 Å². The lowest BCUT2D eigenvalue weighted by atomic mass is 9.85. The molecule has 4 aromatic rings. The molecule has 3 atom stereocenters. The Labute approximate surface area is 215 Å². The molecule has 0 saturated carbocycles. The van der Waals surface area contributed by atoms with Crippen molar-refractivity contribution in [1.82, 2.24) is 14.8 Å². The number of ether oxygens (including phenoxy) is 1. The van der Waals surface area contributed by atoms with E-state index < -0.39 is 5.92 Å². The van der Waals surface area contributed by atoms with E-state index in [2.05, 4.69) is 47.9 Å². The van der Waals surface area contributed by atoms with E-state index in [1.54, 1.807) is 18.9 Å². The van der Waals surface area contributed by atoms with Gasteiger partial charge in [-0.2, -0.15) is 4.98 Å². The van der Waals surface area contributed by atoms with Crippen LogP contribution in [0.15, 0.2) is 84.0 Å². The molecule has 2 N–H and O–H groups in total. The fraction of sp³-hybridized carbons (Fsp3) is 0.250. The predicted octanol–water partition coefficient (Wildman–Crippen LogP) is 5.55. The Morgan fingerprint density at radius 2 is 1.86 bits per heavy atom. The quantitative estimate of drug-likeness (QED) is 0.325. The van der Waals surface area contributed by atoms with Crippen LogP contribution in [0.25, 0.3) is 0 Å². The highest BCUT2D eigenvalue weighted by atomic mass is 32.2. The fourth-order valence-electron chi connectivity index (χ4n) is 4.57. The second-order valence-corrected chi connectivity index (χ2v) is 9.91. The van der Waals surface area contributed by atoms with Crippen LogP contribution in [-0.4, -0.2) is 33.8 Å². The molecule has 5 rings (SSSR count). The molecular formula is C28H29N5O2S. The Morgan fingerprint density at radius 1 is 1.08 bits per heavy atom. The van der Waals surface area contributed by atoms with Crippen LogP contribution in [0.3, 0.4) is 0 Å². The Kier molecular flexibility index (Phi) is 6.95. The van der Waals surface area contributed by atoms with Crippen LogP contribution in [0.2, 0.25) is 0 Å². The highest BCUT2D eigenvalue weighted by Crippen LogP contribution is 2.38. The van der Waals surface area contributed by atoms with E-state index in [0.29, 0.717) is 11.1 Å². The van der Waals surface area contributed by atoms with E-state index in [1.807, 2.05) is 60.1 Å². The van der Waals surface area contributed by atoms with E-state index in [9.17, 15) is 4.79 Å². The van der Waals surface area contributed by atoms with Crippen molar-refractivity contribution in [3.8, 4) is 5.75 Å². The average Bonchev–Trinajstić information content (AvgIpc) is 3.30. The highest BCUT2D eigenvalue weighted by molar-refractivity contribution is 7.98. The number of rotatable bonds is 7. The molecule has 1 aromatic heterocycles. The van der Waals surface area contributed by atoms with Gasteiger partial charge in [-0.1, -0.05) is 71.9 Å². The lowest BCUT2D eigenvalue weighted by molar-refractivity contribution is -0.121. The van der Waals surface area contributed by atoms with Gasteiger partial charge >= 0.3 is 0 Å². The number of anilines is 2. The number of amides is 1. The van der Waals surface area contributed by atoms with Crippen molar-refractivity contribution in [1.29, 1.82) is 0 Å². The summed E-state index contributed by atoms with van der Waals surface area (Å²) in [5.41, 5.74) is 4.10. The summed E-state index contributed by atoms with van der Waals surface area (Å²) in [4.78, 5) is 18.4. The van der Waals surface area contributed by atoms with Gasteiger partial charge in [0.2, 0.25) is 17.0 Å². The normalized spacial score (nSPS) is 18.7. The zero-order chi connectivity index (χ0) is 25.1. The molecule has 184 valence electrons. The third kappa shape index (κ3) is 5.09. The maximum Gasteiger partial charge on any atom is 0.232 e. The standard InChI is InChI=1S/C28H29N5O2S/c1-18-8-7-11-21(16-18)25-24(26(34)30-22-12-14-23(35-3)15-13-22)19(2)29-27-31-28(32-33(25)27)36-17-20-9-5-4-6-10-20/h4-16,19,24-25H,17H2,1-3H3,(H,30,34)(H,29,31,32)/t19-,24-,25+/m1/s1. The molecule has 0 aliphatic carbocycles. The van der Waals surface area contributed by atoms with Gasteiger partial charge in [-0.3, -0.25) is 4.79 Å². The van der Waals surface area contributed by atoms with Crippen molar-refractivity contribution < 1.29 is 9.53 Å². The molecular weight excluding hydrogens is 470 g/mol. The van der Waals surface area contributed by atoms with Gasteiger partial charge in [0.25, 0.3) is 0 Å². The van der Waals surface area contributed by atoms with Gasteiger partial charge in [-0.25, -0.2) is 4.68 Å². The Hall–Kier alpha value is -3.78. The van der Waals surface area contributed by atoms with Crippen LogP contribution < -0.4 is 15.4 Å². The van der Waals surface area contributed by atoms with Crippen LogP contribution >= 0.6 is 11.8 Å². The van der Waals surface area contributed by atoms with Crippen LogP contribution in [0.4, 0.5) is 11.6 Å². The first-order valence-corrected chi connectivity index (χ1v) is 12.9. The number of nitrogens with zero attached hydrogens (tertiary/aromatic N) is 3. The molecule has 2 heterocycles. The van der Waals surface area contributed by atoms with E-state index in [1.165, 1.54) is 5.56 Å². The summed E-state index contributed by atoms with van der Waals surface area (Å²) < 4.78 is 7.12. The number of hydrogen-bond donors (Lipinski definition) is 2. The molecule has 0 radical (unpaired) electrons. The molecule has 0 fully saturated rings. The second-order valence-electron chi connectivity index (χ2n) is 8.97. The zero-order valence-electron chi connectivity index (χ0n) is 20.5. The van der Waals surface area contributed by atoms with Gasteiger partial charge in [-0.05, 0) is 49.2 Å². The van der Waals surface area contributed by atoms with Crippen molar-refractivity contribution in [2.45, 2.75) is 36.8 Å². The van der Waals surface area contributed by atoms with Gasteiger partial charge in [0.05, 0.1) is 19.1 Å². The number of benzene rings is 3. The number of carbonyl (C=O) groups excluding carboxylic acids is 1. The maximum atomic E-state index is 13.7. The number of aryl methyl sites for hydroxylation is 1. The van der Waals surface area contributed by atoms with Gasteiger partial charge in [0.15, 0.2) is 0 Å². The summed E-state index contributed by atoms with van der Waals surface area (Å²) in [6, 6.07) is 25.4. The monoisotopic (exact) mass is 499 g/mol. The first-order valence-electron chi connectivity index (χ1n) is 11.9. The molecule has 0 spiro atoms. The van der Waals surface area contributed by atoms with E-state index in [0.717, 1.165) is 28.3 Å². The Bertz CT molecular complexity index is 1340. The topological polar surface area (TPSA) is 81.1 Å². The molecule has 1 aliphatic heterocycles. The number of nitrogens with one attached hydrogen (secondary N) is 2. The van der Waals surface area contributed by atoms with Crippen LogP contribution in [0, 0.1) is 12.8 Å². The maximum absolute atomic E-state index is 13.7. The van der Waals surface area contributed by atoms with Crippen molar-refractivity contribution in [3.05, 3.63) is 95.6 Å². The third-order valence-corrected chi connectivity index (χ3v) is 7.27. The van der Waals surface area contributed by atoms with Gasteiger partial charge in [0.1, 0.15) is 5.75 Å². The summed E-state index contributed by atoms with van der Waals surface area (Å²) in [5.74, 6) is 1.71. The van der Waals surface area contributed by atoms with Crippen LogP contribution in [-0.2, 0) is 10.5 Å². The van der Waals surface area contributed by atoms with Crippen molar-refractivity contribution in [2.24, 2.45) is 5.92 Å². The molecule has 0 unspecified atom stereocenters. The van der Waals surface area contributed by atoms with Gasteiger partial charge in [0, 0.05) is 17.5 Å². The van der Waals surface area contributed by atoms with E-state index >= 15 is 0 Å². The molecule has 7 nitrogen and oxygen atoms in total. The number of aromatic nitrogens is 3. The number of thioether (sulfide) groups is 1. The minimum atomic E-state index is -0.407. The van der Waals surface area contributed by atoms with E-state index in [-0.39, 0.29) is 18.0 Å². The Morgan fingerprint density at radius 3 is 2.58 bits per heavy atom. The predicted molar refractivity (Wildman–Crippen MR) is 144 cm³/mol. The van der Waals surface area contributed by atoms with Gasteiger partial charge in [-0.15, -0.1) is 5.10 Å².